The standard InChI is InChI=1S/C9H7BrFN/c10-7-1-2-9-6(3-7)4-8(11)5-12-9/h2-5,7H,1H2. The molecule has 1 nitrogen and oxygen atoms in total. The fourth-order valence-electron chi connectivity index (χ4n) is 1.26. The molecule has 1 aromatic heterocycles. The molecule has 1 heterocycles. The number of hydrogen-bond donors (Lipinski definition) is 0. The summed E-state index contributed by atoms with van der Waals surface area (Å²) in [5.41, 5.74) is 0. The van der Waals surface area contributed by atoms with E-state index in [0.29, 0.717) is 4.83 Å². The maximum absolute atomic E-state index is 12.7. The highest BCUT2D eigenvalue weighted by atomic mass is 79.9. The zero-order valence-electron chi connectivity index (χ0n) is 6.30. The summed E-state index contributed by atoms with van der Waals surface area (Å²) in [5, 5.41) is 1.76. The molecule has 0 N–H and O–H groups in total. The summed E-state index contributed by atoms with van der Waals surface area (Å²) in [7, 11) is 0. The van der Waals surface area contributed by atoms with Gasteiger partial charge in [0.05, 0.1) is 11.5 Å². The van der Waals surface area contributed by atoms with Crippen molar-refractivity contribution in [3.05, 3.63) is 28.6 Å². The van der Waals surface area contributed by atoms with Crippen LogP contribution in [-0.2, 0) is 0 Å². The third-order valence-electron chi connectivity index (χ3n) is 1.81. The summed E-state index contributed by atoms with van der Waals surface area (Å²) in [4.78, 5) is 4.28. The molecule has 1 aliphatic rings. The van der Waals surface area contributed by atoms with Crippen molar-refractivity contribution in [3.63, 3.8) is 0 Å². The molecular formula is C9H7BrFN. The minimum absolute atomic E-state index is 0.278. The second-order valence-corrected chi connectivity index (χ2v) is 3.93. The second kappa shape index (κ2) is 2.98. The Hall–Kier alpha value is -0.700. The molecule has 1 aromatic rings. The van der Waals surface area contributed by atoms with Crippen molar-refractivity contribution in [3.8, 4) is 0 Å². The Kier molecular flexibility index (Phi) is 1.97. The van der Waals surface area contributed by atoms with E-state index in [1.807, 2.05) is 12.2 Å². The molecule has 0 aliphatic heterocycles. The van der Waals surface area contributed by atoms with Crippen LogP contribution in [0.2, 0.25) is 0 Å². The van der Waals surface area contributed by atoms with Crippen LogP contribution in [0, 0.1) is 5.82 Å². The van der Waals surface area contributed by atoms with Gasteiger partial charge in [0.1, 0.15) is 5.82 Å². The summed E-state index contributed by atoms with van der Waals surface area (Å²) in [6, 6.07) is 1.51. The minimum Gasteiger partial charge on any atom is -0.254 e. The van der Waals surface area contributed by atoms with Crippen LogP contribution in [-0.4, -0.2) is 9.81 Å². The van der Waals surface area contributed by atoms with E-state index < -0.39 is 0 Å². The van der Waals surface area contributed by atoms with E-state index >= 15 is 0 Å². The quantitative estimate of drug-likeness (QED) is 0.602. The second-order valence-electron chi connectivity index (χ2n) is 2.75. The lowest BCUT2D eigenvalue weighted by Gasteiger charge is -2.04. The van der Waals surface area contributed by atoms with Crippen LogP contribution in [0.25, 0.3) is 12.2 Å². The highest BCUT2D eigenvalue weighted by Gasteiger charge is 2.03. The van der Waals surface area contributed by atoms with E-state index in [2.05, 4.69) is 20.9 Å². The Morgan fingerprint density at radius 1 is 1.58 bits per heavy atom. The van der Waals surface area contributed by atoms with Gasteiger partial charge < -0.3 is 0 Å². The van der Waals surface area contributed by atoms with Crippen LogP contribution in [0.3, 0.4) is 0 Å². The molecule has 62 valence electrons. The number of fused-ring (bicyclic) bond motifs is 1. The van der Waals surface area contributed by atoms with Crippen LogP contribution in [0.4, 0.5) is 4.39 Å². The average Bonchev–Trinajstić information content (AvgIpc) is 2.03. The van der Waals surface area contributed by atoms with E-state index in [9.17, 15) is 4.39 Å². The van der Waals surface area contributed by atoms with Crippen molar-refractivity contribution in [2.75, 3.05) is 0 Å². The summed E-state index contributed by atoms with van der Waals surface area (Å²) in [6.45, 7) is 0. The van der Waals surface area contributed by atoms with Gasteiger partial charge in [-0.25, -0.2) is 4.39 Å². The molecule has 0 aromatic carbocycles. The number of hydrogen-bond acceptors (Lipinski definition) is 1. The van der Waals surface area contributed by atoms with Crippen molar-refractivity contribution < 1.29 is 4.39 Å². The first-order valence-corrected chi connectivity index (χ1v) is 4.65. The van der Waals surface area contributed by atoms with Gasteiger partial charge in [-0.15, -0.1) is 0 Å². The topological polar surface area (TPSA) is 12.9 Å². The molecule has 1 aliphatic carbocycles. The number of aromatic nitrogens is 1. The Labute approximate surface area is 77.8 Å². The van der Waals surface area contributed by atoms with Crippen molar-refractivity contribution in [1.82, 2.24) is 4.98 Å². The van der Waals surface area contributed by atoms with Gasteiger partial charge in [-0.3, -0.25) is 4.98 Å². The lowest BCUT2D eigenvalue weighted by Crippen LogP contribution is -2.32. The Bertz CT molecular complexity index is 413. The van der Waals surface area contributed by atoms with E-state index in [0.717, 1.165) is 17.0 Å². The average molecular weight is 228 g/mol. The molecule has 2 rings (SSSR count). The molecule has 1 atom stereocenters. The largest absolute Gasteiger partial charge is 0.254 e. The van der Waals surface area contributed by atoms with Crippen LogP contribution < -0.4 is 10.6 Å². The van der Waals surface area contributed by atoms with Crippen LogP contribution in [0.1, 0.15) is 6.42 Å². The number of halogens is 2. The molecule has 1 unspecified atom stereocenters. The summed E-state index contributed by atoms with van der Waals surface area (Å²) < 4.78 is 12.7. The van der Waals surface area contributed by atoms with Crippen LogP contribution in [0.5, 0.6) is 0 Å². The molecule has 12 heavy (non-hydrogen) atoms. The first kappa shape index (κ1) is 7.92. The minimum atomic E-state index is -0.278. The number of pyridine rings is 1. The van der Waals surface area contributed by atoms with Crippen molar-refractivity contribution in [2.24, 2.45) is 0 Å². The summed E-state index contributed by atoms with van der Waals surface area (Å²) in [5.74, 6) is -0.278. The molecule has 0 saturated carbocycles. The Morgan fingerprint density at radius 2 is 2.42 bits per heavy atom. The fraction of sp³-hybridized carbons (Fsp3) is 0.222. The Balaban J connectivity index is 2.72. The van der Waals surface area contributed by atoms with Gasteiger partial charge in [-0.05, 0) is 17.7 Å². The smallest absolute Gasteiger partial charge is 0.142 e. The normalized spacial score (nSPS) is 20.7. The molecule has 0 saturated heterocycles. The van der Waals surface area contributed by atoms with Gasteiger partial charge in [0.2, 0.25) is 0 Å². The maximum Gasteiger partial charge on any atom is 0.142 e. The highest BCUT2D eigenvalue weighted by molar-refractivity contribution is 9.09. The molecule has 3 heteroatoms. The van der Waals surface area contributed by atoms with Gasteiger partial charge >= 0.3 is 0 Å². The van der Waals surface area contributed by atoms with Gasteiger partial charge in [0.15, 0.2) is 0 Å². The first-order valence-electron chi connectivity index (χ1n) is 3.73. The van der Waals surface area contributed by atoms with E-state index in [1.54, 1.807) is 0 Å². The maximum atomic E-state index is 12.7. The number of rotatable bonds is 0. The van der Waals surface area contributed by atoms with E-state index in [1.165, 1.54) is 12.3 Å². The summed E-state index contributed by atoms with van der Waals surface area (Å²) in [6.07, 6.45) is 6.16. The highest BCUT2D eigenvalue weighted by Crippen LogP contribution is 2.08. The number of nitrogens with zero attached hydrogens (tertiary/aromatic N) is 1. The van der Waals surface area contributed by atoms with Gasteiger partial charge in [-0.1, -0.05) is 28.1 Å². The third kappa shape index (κ3) is 1.41. The predicted octanol–water partition coefficient (Wildman–Crippen LogP) is 0.949. The zero-order chi connectivity index (χ0) is 8.55. The molecule has 0 radical (unpaired) electrons. The third-order valence-corrected chi connectivity index (χ3v) is 2.45. The summed E-state index contributed by atoms with van der Waals surface area (Å²) >= 11 is 3.45. The molecule has 0 amide bonds. The fourth-order valence-corrected chi connectivity index (χ4v) is 1.73. The number of alkyl halides is 1. The molecule has 0 bridgehead atoms. The molecule has 0 spiro atoms. The SMILES string of the molecule is Fc1cnc2c(c1)=CC(Br)CC=2. The Morgan fingerprint density at radius 3 is 3.25 bits per heavy atom. The molecular weight excluding hydrogens is 221 g/mol. The van der Waals surface area contributed by atoms with Crippen LogP contribution in [0.15, 0.2) is 12.3 Å². The van der Waals surface area contributed by atoms with Crippen molar-refractivity contribution in [1.29, 1.82) is 0 Å². The van der Waals surface area contributed by atoms with Gasteiger partial charge in [0, 0.05) is 4.83 Å². The van der Waals surface area contributed by atoms with E-state index in [4.69, 9.17) is 0 Å². The van der Waals surface area contributed by atoms with Crippen molar-refractivity contribution >= 4 is 28.1 Å². The van der Waals surface area contributed by atoms with Crippen LogP contribution >= 0.6 is 15.9 Å². The zero-order valence-corrected chi connectivity index (χ0v) is 7.88. The first-order chi connectivity index (χ1) is 5.75. The monoisotopic (exact) mass is 227 g/mol. The van der Waals surface area contributed by atoms with Gasteiger partial charge in [-0.2, -0.15) is 0 Å². The van der Waals surface area contributed by atoms with E-state index in [-0.39, 0.29) is 5.82 Å². The lowest BCUT2D eigenvalue weighted by atomic mass is 10.1. The predicted molar refractivity (Wildman–Crippen MR) is 49.7 cm³/mol. The molecule has 0 fully saturated rings. The van der Waals surface area contributed by atoms with Gasteiger partial charge in [0.25, 0.3) is 0 Å². The van der Waals surface area contributed by atoms with Crippen molar-refractivity contribution in [2.45, 2.75) is 11.2 Å². The lowest BCUT2D eigenvalue weighted by molar-refractivity contribution is 0.618.